The number of benzene rings is 4. The van der Waals surface area contributed by atoms with Crippen LogP contribution in [0.25, 0.3) is 0 Å². The molecule has 1 aliphatic rings. The maximum atomic E-state index is 14.1. The topological polar surface area (TPSA) is 83.5 Å². The molecule has 4 aromatic carbocycles. The van der Waals surface area contributed by atoms with E-state index in [4.69, 9.17) is 23.7 Å². The van der Waals surface area contributed by atoms with E-state index >= 15 is 0 Å². The fourth-order valence-corrected chi connectivity index (χ4v) is 5.24. The summed E-state index contributed by atoms with van der Waals surface area (Å²) < 4.78 is 72.5. The summed E-state index contributed by atoms with van der Waals surface area (Å²) in [4.78, 5) is 13.0. The molecule has 0 aromatic heterocycles. The van der Waals surface area contributed by atoms with E-state index in [9.17, 15) is 23.1 Å². The van der Waals surface area contributed by atoms with Crippen molar-refractivity contribution in [2.24, 2.45) is 0 Å². The van der Waals surface area contributed by atoms with Gasteiger partial charge < -0.3 is 28.8 Å². The third-order valence-electron chi connectivity index (χ3n) is 7.52. The molecule has 5 atom stereocenters. The van der Waals surface area contributed by atoms with E-state index in [0.717, 1.165) is 11.1 Å². The molecule has 0 aliphatic carbocycles. The Morgan fingerprint density at radius 2 is 1.02 bits per heavy atom. The molecule has 1 saturated heterocycles. The molecule has 1 fully saturated rings. The van der Waals surface area contributed by atoms with Crippen molar-refractivity contribution in [2.45, 2.75) is 62.8 Å². The molecule has 0 unspecified atom stereocenters. The summed E-state index contributed by atoms with van der Waals surface area (Å²) in [5.41, 5.74) is 2.89. The first-order chi connectivity index (χ1) is 22.2. The number of ether oxygens (including phenoxy) is 5. The Labute approximate surface area is 265 Å². The lowest BCUT2D eigenvalue weighted by Crippen LogP contribution is -2.71. The van der Waals surface area contributed by atoms with E-state index in [-0.39, 0.29) is 33.0 Å². The van der Waals surface area contributed by atoms with Crippen molar-refractivity contribution in [1.29, 1.82) is 0 Å². The number of halogens is 3. The maximum Gasteiger partial charge on any atom is 0.455 e. The molecular formula is C36H35F3O7. The molecular weight excluding hydrogens is 601 g/mol. The van der Waals surface area contributed by atoms with Crippen LogP contribution in [0.3, 0.4) is 0 Å². The van der Waals surface area contributed by atoms with Crippen LogP contribution in [0.2, 0.25) is 0 Å². The van der Waals surface area contributed by atoms with E-state index < -0.39 is 42.2 Å². The fraction of sp³-hybridized carbons (Fsp3) is 0.306. The van der Waals surface area contributed by atoms with Crippen LogP contribution in [-0.4, -0.2) is 53.9 Å². The van der Waals surface area contributed by atoms with Gasteiger partial charge in [0.15, 0.2) is 0 Å². The van der Waals surface area contributed by atoms with E-state index in [1.165, 1.54) is 0 Å². The zero-order valence-corrected chi connectivity index (χ0v) is 24.9. The van der Waals surface area contributed by atoms with Crippen LogP contribution in [0.4, 0.5) is 13.2 Å². The van der Waals surface area contributed by atoms with Crippen molar-refractivity contribution in [1.82, 2.24) is 0 Å². The first-order valence-corrected chi connectivity index (χ1v) is 14.8. The third kappa shape index (κ3) is 8.67. The Bertz CT molecular complexity index is 1490. The number of carbonyl (C=O) groups is 1. The first kappa shape index (κ1) is 33.5. The van der Waals surface area contributed by atoms with Crippen LogP contribution in [0, 0.1) is 0 Å². The van der Waals surface area contributed by atoms with Crippen LogP contribution in [0.15, 0.2) is 121 Å². The van der Waals surface area contributed by atoms with E-state index in [1.807, 2.05) is 66.7 Å². The molecule has 5 rings (SSSR count). The Balaban J connectivity index is 1.51. The van der Waals surface area contributed by atoms with Crippen LogP contribution in [0.1, 0.15) is 22.3 Å². The number of hydrogen-bond donors (Lipinski definition) is 1. The van der Waals surface area contributed by atoms with Crippen molar-refractivity contribution in [3.05, 3.63) is 144 Å². The zero-order valence-electron chi connectivity index (χ0n) is 24.9. The second-order valence-electron chi connectivity index (χ2n) is 10.9. The molecule has 1 heterocycles. The van der Waals surface area contributed by atoms with Gasteiger partial charge in [0.2, 0.25) is 0 Å². The Morgan fingerprint density at radius 3 is 1.46 bits per heavy atom. The molecule has 0 bridgehead atoms. The predicted octanol–water partition coefficient (Wildman–Crippen LogP) is 6.18. The number of aliphatic hydroxyl groups is 1. The van der Waals surface area contributed by atoms with Gasteiger partial charge in [-0.3, -0.25) is 4.79 Å². The van der Waals surface area contributed by atoms with Crippen LogP contribution >= 0.6 is 0 Å². The number of hydrogen-bond acceptors (Lipinski definition) is 7. The number of Topliss-reactive ketones (excluding diaryl/α,β-unsaturated/α-hetero) is 1. The number of rotatable bonds is 14. The second-order valence-corrected chi connectivity index (χ2v) is 10.9. The smallest absolute Gasteiger partial charge is 0.374 e. The molecule has 0 radical (unpaired) electrons. The Hall–Kier alpha value is -3.90. The minimum Gasteiger partial charge on any atom is -0.374 e. The zero-order chi connectivity index (χ0) is 32.4. The average molecular weight is 637 g/mol. The van der Waals surface area contributed by atoms with Gasteiger partial charge >= 0.3 is 6.18 Å². The molecule has 0 saturated carbocycles. The third-order valence-corrected chi connectivity index (χ3v) is 7.52. The molecule has 7 nitrogen and oxygen atoms in total. The molecule has 242 valence electrons. The van der Waals surface area contributed by atoms with E-state index in [0.29, 0.717) is 11.1 Å². The fourth-order valence-electron chi connectivity index (χ4n) is 5.24. The van der Waals surface area contributed by atoms with Gasteiger partial charge in [0, 0.05) is 0 Å². The lowest BCUT2D eigenvalue weighted by molar-refractivity contribution is -0.361. The second kappa shape index (κ2) is 15.6. The van der Waals surface area contributed by atoms with Gasteiger partial charge in [0.25, 0.3) is 11.6 Å². The van der Waals surface area contributed by atoms with Gasteiger partial charge in [-0.25, -0.2) is 0 Å². The SMILES string of the molecule is O=C(C(F)(F)F)[C@]1(O)O[C@H](COCc2ccccc2)[C@@H](OCc2ccccc2)[C@H](OCc2ccccc2)[C@H]1OCc1ccccc1. The van der Waals surface area contributed by atoms with Crippen molar-refractivity contribution in [3.63, 3.8) is 0 Å². The standard InChI is InChI=1S/C36H35F3O7/c37-36(38,39)34(40)35(41)33(45-24-29-19-11-4-12-20-29)32(44-23-28-17-9-3-10-18-28)31(43-22-27-15-7-2-8-16-27)30(46-35)25-42-21-26-13-5-1-6-14-26/h1-20,30-33,41H,21-25H2/t30-,31-,32+,33-,35-/m1/s1. The minimum absolute atomic E-state index is 0.0340. The number of ketones is 1. The van der Waals surface area contributed by atoms with E-state index in [1.54, 1.807) is 54.6 Å². The molecule has 46 heavy (non-hydrogen) atoms. The van der Waals surface area contributed by atoms with Crippen LogP contribution in [-0.2, 0) is 54.9 Å². The number of carbonyl (C=O) groups excluding carboxylic acids is 1. The lowest BCUT2D eigenvalue weighted by Gasteiger charge is -2.49. The summed E-state index contributed by atoms with van der Waals surface area (Å²) in [6.07, 6.45) is -11.3. The molecule has 1 N–H and O–H groups in total. The summed E-state index contributed by atoms with van der Waals surface area (Å²) in [5.74, 6) is -5.98. The van der Waals surface area contributed by atoms with Crippen molar-refractivity contribution in [2.75, 3.05) is 6.61 Å². The summed E-state index contributed by atoms with van der Waals surface area (Å²) in [5, 5.41) is 11.7. The minimum atomic E-state index is -5.46. The molecule has 4 aromatic rings. The van der Waals surface area contributed by atoms with Crippen molar-refractivity contribution < 1.29 is 46.8 Å². The van der Waals surface area contributed by atoms with Gasteiger partial charge in [0.05, 0.1) is 33.0 Å². The Morgan fingerprint density at radius 1 is 0.630 bits per heavy atom. The van der Waals surface area contributed by atoms with Crippen molar-refractivity contribution >= 4 is 5.78 Å². The molecule has 1 aliphatic heterocycles. The quantitative estimate of drug-likeness (QED) is 0.177. The highest BCUT2D eigenvalue weighted by Gasteiger charge is 2.66. The van der Waals surface area contributed by atoms with Crippen LogP contribution < -0.4 is 0 Å². The number of alkyl halides is 3. The highest BCUT2D eigenvalue weighted by atomic mass is 19.4. The van der Waals surface area contributed by atoms with Gasteiger partial charge in [-0.2, -0.15) is 13.2 Å². The predicted molar refractivity (Wildman–Crippen MR) is 162 cm³/mol. The van der Waals surface area contributed by atoms with Crippen LogP contribution in [0.5, 0.6) is 0 Å². The van der Waals surface area contributed by atoms with E-state index in [2.05, 4.69) is 0 Å². The van der Waals surface area contributed by atoms with Gasteiger partial charge in [-0.05, 0) is 22.3 Å². The molecule has 10 heteroatoms. The normalized spacial score (nSPS) is 23.2. The summed E-state index contributed by atoms with van der Waals surface area (Å²) >= 11 is 0. The van der Waals surface area contributed by atoms with Crippen molar-refractivity contribution in [3.8, 4) is 0 Å². The maximum absolute atomic E-state index is 14.1. The first-order valence-electron chi connectivity index (χ1n) is 14.8. The molecule has 0 amide bonds. The van der Waals surface area contributed by atoms with Gasteiger partial charge in [0.1, 0.15) is 24.4 Å². The van der Waals surface area contributed by atoms with Gasteiger partial charge in [-0.1, -0.05) is 121 Å². The molecule has 0 spiro atoms. The summed E-state index contributed by atoms with van der Waals surface area (Å²) in [6, 6.07) is 35.9. The monoisotopic (exact) mass is 636 g/mol. The Kier molecular flexibility index (Phi) is 11.3. The lowest BCUT2D eigenvalue weighted by atomic mass is 9.89. The summed E-state index contributed by atoms with van der Waals surface area (Å²) in [6.45, 7) is -0.504. The average Bonchev–Trinajstić information content (AvgIpc) is 3.07. The largest absolute Gasteiger partial charge is 0.455 e. The summed E-state index contributed by atoms with van der Waals surface area (Å²) in [7, 11) is 0. The highest BCUT2D eigenvalue weighted by molar-refractivity contribution is 5.91. The highest BCUT2D eigenvalue weighted by Crippen LogP contribution is 2.39. The van der Waals surface area contributed by atoms with Gasteiger partial charge in [-0.15, -0.1) is 0 Å².